The topological polar surface area (TPSA) is 68.5 Å². The summed E-state index contributed by atoms with van der Waals surface area (Å²) in [6.45, 7) is 2.82. The third-order valence-corrected chi connectivity index (χ3v) is 4.08. The van der Waals surface area contributed by atoms with E-state index in [0.717, 1.165) is 32.5 Å². The van der Waals surface area contributed by atoms with Crippen molar-refractivity contribution in [1.82, 2.24) is 9.88 Å². The van der Waals surface area contributed by atoms with Crippen LogP contribution in [0.25, 0.3) is 0 Å². The standard InChI is InChI=1S/C18H21N3O2.ClH/c19-17-7-6-15(12-20-17)18(22)23-16-8-10-21(11-9-16)13-14-4-2-1-3-5-14;/h1-7,12,16H,8-11,13H2,(H2,19,20);1H. The van der Waals surface area contributed by atoms with Crippen LogP contribution < -0.4 is 5.73 Å². The molecule has 1 aromatic carbocycles. The molecule has 128 valence electrons. The summed E-state index contributed by atoms with van der Waals surface area (Å²) in [7, 11) is 0. The summed E-state index contributed by atoms with van der Waals surface area (Å²) in [5.74, 6) is 0.0785. The van der Waals surface area contributed by atoms with E-state index >= 15 is 0 Å². The van der Waals surface area contributed by atoms with Gasteiger partial charge in [0.1, 0.15) is 11.9 Å². The van der Waals surface area contributed by atoms with Crippen molar-refractivity contribution >= 4 is 24.2 Å². The lowest BCUT2D eigenvalue weighted by Gasteiger charge is -2.31. The molecule has 1 fully saturated rings. The van der Waals surface area contributed by atoms with E-state index in [1.807, 2.05) is 6.07 Å². The second-order valence-electron chi connectivity index (χ2n) is 5.84. The minimum absolute atomic E-state index is 0. The van der Waals surface area contributed by atoms with Crippen LogP contribution in [0.1, 0.15) is 28.8 Å². The van der Waals surface area contributed by atoms with Crippen LogP contribution in [0.15, 0.2) is 48.7 Å². The molecule has 5 nitrogen and oxygen atoms in total. The van der Waals surface area contributed by atoms with Crippen molar-refractivity contribution in [3.8, 4) is 0 Å². The van der Waals surface area contributed by atoms with Gasteiger partial charge in [-0.25, -0.2) is 9.78 Å². The van der Waals surface area contributed by atoms with Gasteiger partial charge < -0.3 is 10.5 Å². The molecule has 1 aromatic heterocycles. The Bertz CT molecular complexity index is 641. The number of hydrogen-bond acceptors (Lipinski definition) is 5. The molecule has 0 aliphatic carbocycles. The Labute approximate surface area is 148 Å². The maximum Gasteiger partial charge on any atom is 0.339 e. The number of rotatable bonds is 4. The highest BCUT2D eigenvalue weighted by molar-refractivity contribution is 5.89. The number of ether oxygens (including phenoxy) is 1. The van der Waals surface area contributed by atoms with Crippen LogP contribution in [0.5, 0.6) is 0 Å². The number of hydrogen-bond donors (Lipinski definition) is 1. The molecule has 1 aliphatic heterocycles. The van der Waals surface area contributed by atoms with Crippen molar-refractivity contribution in [2.24, 2.45) is 0 Å². The molecule has 0 spiro atoms. The highest BCUT2D eigenvalue weighted by Crippen LogP contribution is 2.17. The molecule has 24 heavy (non-hydrogen) atoms. The molecule has 3 rings (SSSR count). The summed E-state index contributed by atoms with van der Waals surface area (Å²) in [4.78, 5) is 18.4. The minimum atomic E-state index is -0.320. The Kier molecular flexibility index (Phi) is 6.58. The predicted molar refractivity (Wildman–Crippen MR) is 96.1 cm³/mol. The molecule has 0 unspecified atom stereocenters. The van der Waals surface area contributed by atoms with E-state index in [0.29, 0.717) is 11.4 Å². The average molecular weight is 348 g/mol. The van der Waals surface area contributed by atoms with Gasteiger partial charge in [-0.1, -0.05) is 30.3 Å². The maximum atomic E-state index is 12.1. The van der Waals surface area contributed by atoms with Crippen molar-refractivity contribution in [1.29, 1.82) is 0 Å². The molecule has 2 heterocycles. The summed E-state index contributed by atoms with van der Waals surface area (Å²) < 4.78 is 5.57. The van der Waals surface area contributed by atoms with Crippen molar-refractivity contribution < 1.29 is 9.53 Å². The molecule has 1 saturated heterocycles. The highest BCUT2D eigenvalue weighted by atomic mass is 35.5. The quantitative estimate of drug-likeness (QED) is 0.861. The van der Waals surface area contributed by atoms with Gasteiger partial charge >= 0.3 is 5.97 Å². The lowest BCUT2D eigenvalue weighted by molar-refractivity contribution is 0.0104. The average Bonchev–Trinajstić information content (AvgIpc) is 2.58. The van der Waals surface area contributed by atoms with Crippen molar-refractivity contribution in [3.63, 3.8) is 0 Å². The Balaban J connectivity index is 0.00000208. The Morgan fingerprint density at radius 2 is 1.88 bits per heavy atom. The summed E-state index contributed by atoms with van der Waals surface area (Å²) in [5, 5.41) is 0. The molecule has 2 aromatic rings. The van der Waals surface area contributed by atoms with Gasteiger partial charge in [0, 0.05) is 25.8 Å². The smallest absolute Gasteiger partial charge is 0.339 e. The van der Waals surface area contributed by atoms with Gasteiger partial charge in [0.25, 0.3) is 0 Å². The van der Waals surface area contributed by atoms with Crippen LogP contribution in [0, 0.1) is 0 Å². The third-order valence-electron chi connectivity index (χ3n) is 4.08. The molecule has 1 aliphatic rings. The first kappa shape index (κ1) is 18.2. The van der Waals surface area contributed by atoms with Crippen LogP contribution in [-0.4, -0.2) is 35.0 Å². The SMILES string of the molecule is Cl.Nc1ccc(C(=O)OC2CCN(Cc3ccccc3)CC2)cn1. The normalized spacial score (nSPS) is 15.5. The van der Waals surface area contributed by atoms with Crippen molar-refractivity contribution in [3.05, 3.63) is 59.8 Å². The summed E-state index contributed by atoms with van der Waals surface area (Å²) >= 11 is 0. The first-order valence-electron chi connectivity index (χ1n) is 7.89. The largest absolute Gasteiger partial charge is 0.459 e. The number of aromatic nitrogens is 1. The lowest BCUT2D eigenvalue weighted by atomic mass is 10.1. The van der Waals surface area contributed by atoms with E-state index in [4.69, 9.17) is 10.5 Å². The maximum absolute atomic E-state index is 12.1. The molecule has 0 radical (unpaired) electrons. The zero-order valence-electron chi connectivity index (χ0n) is 13.4. The first-order chi connectivity index (χ1) is 11.2. The Morgan fingerprint density at radius 1 is 1.17 bits per heavy atom. The Hall–Kier alpha value is -2.11. The van der Waals surface area contributed by atoms with Gasteiger partial charge in [-0.3, -0.25) is 4.90 Å². The van der Waals surface area contributed by atoms with Gasteiger partial charge in [0.05, 0.1) is 5.56 Å². The molecular weight excluding hydrogens is 326 g/mol. The molecule has 2 N–H and O–H groups in total. The number of benzene rings is 1. The number of anilines is 1. The van der Waals surface area contributed by atoms with E-state index in [1.165, 1.54) is 11.8 Å². The zero-order valence-corrected chi connectivity index (χ0v) is 14.2. The number of nitrogens with zero attached hydrogens (tertiary/aromatic N) is 2. The molecule has 0 amide bonds. The lowest BCUT2D eigenvalue weighted by Crippen LogP contribution is -2.37. The van der Waals surface area contributed by atoms with Crippen molar-refractivity contribution in [2.75, 3.05) is 18.8 Å². The van der Waals surface area contributed by atoms with Gasteiger partial charge in [-0.2, -0.15) is 0 Å². The van der Waals surface area contributed by atoms with Crippen LogP contribution in [0.3, 0.4) is 0 Å². The number of carbonyl (C=O) groups is 1. The van der Waals surface area contributed by atoms with E-state index in [1.54, 1.807) is 12.1 Å². The van der Waals surface area contributed by atoms with Gasteiger partial charge in [-0.15, -0.1) is 12.4 Å². The zero-order chi connectivity index (χ0) is 16.1. The number of nitrogen functional groups attached to an aromatic ring is 1. The number of halogens is 1. The first-order valence-corrected chi connectivity index (χ1v) is 7.89. The van der Waals surface area contributed by atoms with Crippen molar-refractivity contribution in [2.45, 2.75) is 25.5 Å². The number of pyridine rings is 1. The fourth-order valence-electron chi connectivity index (χ4n) is 2.77. The number of nitrogens with two attached hydrogens (primary N) is 1. The van der Waals surface area contributed by atoms with E-state index in [2.05, 4.69) is 34.1 Å². The fourth-order valence-corrected chi connectivity index (χ4v) is 2.77. The molecule has 0 saturated carbocycles. The van der Waals surface area contributed by atoms with E-state index < -0.39 is 0 Å². The van der Waals surface area contributed by atoms with Gasteiger partial charge in [-0.05, 0) is 30.5 Å². The fraction of sp³-hybridized carbons (Fsp3) is 0.333. The Morgan fingerprint density at radius 3 is 2.50 bits per heavy atom. The highest BCUT2D eigenvalue weighted by Gasteiger charge is 2.23. The second-order valence-corrected chi connectivity index (χ2v) is 5.84. The number of carbonyl (C=O) groups excluding carboxylic acids is 1. The number of esters is 1. The van der Waals surface area contributed by atoms with Crippen LogP contribution in [-0.2, 0) is 11.3 Å². The number of likely N-dealkylation sites (tertiary alicyclic amines) is 1. The summed E-state index contributed by atoms with van der Waals surface area (Å²) in [6, 6.07) is 13.7. The van der Waals surface area contributed by atoms with Gasteiger partial charge in [0.2, 0.25) is 0 Å². The van der Waals surface area contributed by atoms with Gasteiger partial charge in [0.15, 0.2) is 0 Å². The predicted octanol–water partition coefficient (Wildman–Crippen LogP) is 2.91. The number of piperidine rings is 1. The van der Waals surface area contributed by atoms with Crippen LogP contribution in [0.2, 0.25) is 0 Å². The van der Waals surface area contributed by atoms with E-state index in [9.17, 15) is 4.79 Å². The van der Waals surface area contributed by atoms with Crippen LogP contribution in [0.4, 0.5) is 5.82 Å². The van der Waals surface area contributed by atoms with E-state index in [-0.39, 0.29) is 24.5 Å². The second kappa shape index (κ2) is 8.66. The monoisotopic (exact) mass is 347 g/mol. The summed E-state index contributed by atoms with van der Waals surface area (Å²) in [6.07, 6.45) is 3.16. The summed E-state index contributed by atoms with van der Waals surface area (Å²) in [5.41, 5.74) is 7.29. The minimum Gasteiger partial charge on any atom is -0.459 e. The molecule has 0 atom stereocenters. The molecular formula is C18H22ClN3O2. The van der Waals surface area contributed by atoms with Crippen LogP contribution >= 0.6 is 12.4 Å². The molecule has 6 heteroatoms. The molecule has 0 bridgehead atoms. The third kappa shape index (κ3) is 4.94.